The molecule has 1 aromatic carbocycles. The van der Waals surface area contributed by atoms with Gasteiger partial charge in [-0.25, -0.2) is 0 Å². The van der Waals surface area contributed by atoms with Crippen LogP contribution < -0.4 is 5.32 Å². The van der Waals surface area contributed by atoms with Crippen LogP contribution in [0, 0.1) is 6.92 Å². The number of aryl methyl sites for hydroxylation is 1. The van der Waals surface area contributed by atoms with Gasteiger partial charge in [0.1, 0.15) is 6.23 Å². The minimum absolute atomic E-state index is 0.0351. The number of nitrogens with one attached hydrogen (secondary N) is 1. The molecular weight excluding hydrogens is 366 g/mol. The summed E-state index contributed by atoms with van der Waals surface area (Å²) in [7, 11) is 0. The highest BCUT2D eigenvalue weighted by Gasteiger charge is 2.14. The Morgan fingerprint density at radius 1 is 1.17 bits per heavy atom. The Labute approximate surface area is 186 Å². The lowest BCUT2D eigenvalue weighted by Gasteiger charge is -2.24. The van der Waals surface area contributed by atoms with E-state index < -0.39 is 0 Å². The Morgan fingerprint density at radius 2 is 1.77 bits per heavy atom. The predicted molar refractivity (Wildman–Crippen MR) is 136 cm³/mol. The smallest absolute Gasteiger partial charge is 0.147 e. The van der Waals surface area contributed by atoms with Crippen LogP contribution in [-0.2, 0) is 4.74 Å². The first-order valence-electron chi connectivity index (χ1n) is 11.2. The highest BCUT2D eigenvalue weighted by molar-refractivity contribution is 5.81. The van der Waals surface area contributed by atoms with E-state index in [1.54, 1.807) is 6.08 Å². The molecule has 2 heteroatoms. The molecule has 0 bridgehead atoms. The van der Waals surface area contributed by atoms with Gasteiger partial charge >= 0.3 is 0 Å². The fourth-order valence-corrected chi connectivity index (χ4v) is 3.15. The second-order valence-corrected chi connectivity index (χ2v) is 7.18. The monoisotopic (exact) mass is 409 g/mol. The number of allylic oxidation sites excluding steroid dienone is 6. The van der Waals surface area contributed by atoms with Gasteiger partial charge in [0.15, 0.2) is 0 Å². The van der Waals surface area contributed by atoms with Gasteiger partial charge in [-0.1, -0.05) is 76.3 Å². The molecule has 0 saturated carbocycles. The van der Waals surface area contributed by atoms with Crippen LogP contribution >= 0.6 is 0 Å². The molecule has 1 aliphatic rings. The third-order valence-corrected chi connectivity index (χ3v) is 4.70. The molecule has 30 heavy (non-hydrogen) atoms. The standard InChI is InChI=1S/C23H31NO.C3H6.C2H6/c1-7-20(8-2)25-23-13-11-19(15-24-23)18-10-12-22(17(6)14-18)21(9-3)16(4)5;1-3-2;1-2/h9-15,20,23-24H,3,7-8H2,1-2,4-6H3;3H,1H2,2H3;1-2H3. The van der Waals surface area contributed by atoms with Gasteiger partial charge in [-0.15, -0.1) is 6.58 Å². The molecule has 0 saturated heterocycles. The van der Waals surface area contributed by atoms with E-state index in [9.17, 15) is 0 Å². The van der Waals surface area contributed by atoms with E-state index in [2.05, 4.69) is 89.6 Å². The summed E-state index contributed by atoms with van der Waals surface area (Å²) in [6.45, 7) is 23.9. The molecule has 1 heterocycles. The molecule has 2 rings (SSSR count). The molecular formula is C28H43NO. The average Bonchev–Trinajstić information content (AvgIpc) is 2.76. The van der Waals surface area contributed by atoms with E-state index >= 15 is 0 Å². The maximum Gasteiger partial charge on any atom is 0.147 e. The molecule has 1 unspecified atom stereocenters. The summed E-state index contributed by atoms with van der Waals surface area (Å²) >= 11 is 0. The van der Waals surface area contributed by atoms with Crippen LogP contribution in [0.3, 0.4) is 0 Å². The molecule has 0 aromatic heterocycles. The van der Waals surface area contributed by atoms with Crippen molar-refractivity contribution in [2.75, 3.05) is 0 Å². The van der Waals surface area contributed by atoms with Crippen LogP contribution in [0.4, 0.5) is 0 Å². The summed E-state index contributed by atoms with van der Waals surface area (Å²) in [4.78, 5) is 0. The third kappa shape index (κ3) is 8.59. The maximum atomic E-state index is 6.03. The zero-order valence-corrected chi connectivity index (χ0v) is 20.5. The minimum Gasteiger partial charge on any atom is -0.362 e. The minimum atomic E-state index is -0.0351. The lowest BCUT2D eigenvalue weighted by molar-refractivity contribution is -0.00109. The highest BCUT2D eigenvalue weighted by atomic mass is 16.5. The first-order chi connectivity index (χ1) is 14.4. The van der Waals surface area contributed by atoms with Gasteiger partial charge in [0.2, 0.25) is 0 Å². The van der Waals surface area contributed by atoms with Crippen LogP contribution in [0.5, 0.6) is 0 Å². The van der Waals surface area contributed by atoms with Gasteiger partial charge in [0.05, 0.1) is 6.10 Å². The summed E-state index contributed by atoms with van der Waals surface area (Å²) in [6.07, 6.45) is 12.3. The normalized spacial score (nSPS) is 14.3. The maximum absolute atomic E-state index is 6.03. The van der Waals surface area contributed by atoms with Crippen LogP contribution in [0.15, 0.2) is 67.4 Å². The number of ether oxygens (including phenoxy) is 1. The summed E-state index contributed by atoms with van der Waals surface area (Å²) < 4.78 is 6.03. The molecule has 1 N–H and O–H groups in total. The van der Waals surface area contributed by atoms with Gasteiger partial charge in [0, 0.05) is 6.20 Å². The zero-order valence-electron chi connectivity index (χ0n) is 20.5. The van der Waals surface area contributed by atoms with Crippen molar-refractivity contribution < 1.29 is 4.74 Å². The lowest BCUT2D eigenvalue weighted by Crippen LogP contribution is -2.31. The molecule has 0 radical (unpaired) electrons. The SMILES string of the molecule is C=CC.C=CC(=C(C)C)c1ccc(C2=CNC(OC(CC)CC)C=C2)cc1C.CC. The Hall–Kier alpha value is -2.32. The van der Waals surface area contributed by atoms with Crippen LogP contribution in [0.2, 0.25) is 0 Å². The quantitative estimate of drug-likeness (QED) is 0.362. The van der Waals surface area contributed by atoms with Gasteiger partial charge < -0.3 is 10.1 Å². The molecule has 1 atom stereocenters. The largest absolute Gasteiger partial charge is 0.362 e. The van der Waals surface area contributed by atoms with Gasteiger partial charge in [-0.3, -0.25) is 0 Å². The Morgan fingerprint density at radius 3 is 2.17 bits per heavy atom. The zero-order chi connectivity index (χ0) is 23.1. The Bertz CT molecular complexity index is 744. The molecule has 0 fully saturated rings. The van der Waals surface area contributed by atoms with Crippen molar-refractivity contribution >= 4 is 11.1 Å². The number of rotatable bonds is 7. The van der Waals surface area contributed by atoms with Crippen molar-refractivity contribution in [3.63, 3.8) is 0 Å². The number of hydrogen-bond acceptors (Lipinski definition) is 2. The van der Waals surface area contributed by atoms with E-state index in [4.69, 9.17) is 4.74 Å². The highest BCUT2D eigenvalue weighted by Crippen LogP contribution is 2.27. The van der Waals surface area contributed by atoms with Gasteiger partial charge in [-0.05, 0) is 74.4 Å². The Balaban J connectivity index is 0.00000154. The topological polar surface area (TPSA) is 21.3 Å². The molecule has 0 amide bonds. The van der Waals surface area contributed by atoms with Crippen LogP contribution in [0.1, 0.15) is 78.0 Å². The van der Waals surface area contributed by atoms with Crippen molar-refractivity contribution in [2.24, 2.45) is 0 Å². The summed E-state index contributed by atoms with van der Waals surface area (Å²) in [6, 6.07) is 6.60. The van der Waals surface area contributed by atoms with E-state index in [1.165, 1.54) is 33.4 Å². The van der Waals surface area contributed by atoms with E-state index in [-0.39, 0.29) is 6.23 Å². The fourth-order valence-electron chi connectivity index (χ4n) is 3.15. The molecule has 0 spiro atoms. The molecule has 166 valence electrons. The number of hydrogen-bond donors (Lipinski definition) is 1. The van der Waals surface area contributed by atoms with Crippen molar-refractivity contribution in [3.8, 4) is 0 Å². The molecule has 1 aromatic rings. The van der Waals surface area contributed by atoms with E-state index in [0.29, 0.717) is 6.10 Å². The van der Waals surface area contributed by atoms with E-state index in [1.807, 2.05) is 26.8 Å². The summed E-state index contributed by atoms with van der Waals surface area (Å²) in [5, 5.41) is 3.36. The van der Waals surface area contributed by atoms with Crippen molar-refractivity contribution in [1.29, 1.82) is 0 Å². The van der Waals surface area contributed by atoms with Crippen molar-refractivity contribution in [3.05, 3.63) is 84.1 Å². The van der Waals surface area contributed by atoms with Crippen molar-refractivity contribution in [2.45, 2.75) is 80.6 Å². The second-order valence-electron chi connectivity index (χ2n) is 7.18. The first-order valence-corrected chi connectivity index (χ1v) is 11.2. The number of dihydropyridines is 1. The predicted octanol–water partition coefficient (Wildman–Crippen LogP) is 8.22. The lowest BCUT2D eigenvalue weighted by atomic mass is 9.93. The summed E-state index contributed by atoms with van der Waals surface area (Å²) in [5.41, 5.74) is 7.40. The second kappa shape index (κ2) is 15.5. The Kier molecular flexibility index (Phi) is 14.3. The molecule has 2 nitrogen and oxygen atoms in total. The van der Waals surface area contributed by atoms with Gasteiger partial charge in [0.25, 0.3) is 0 Å². The third-order valence-electron chi connectivity index (χ3n) is 4.70. The summed E-state index contributed by atoms with van der Waals surface area (Å²) in [5.74, 6) is 0. The van der Waals surface area contributed by atoms with Crippen molar-refractivity contribution in [1.82, 2.24) is 5.32 Å². The fraction of sp³-hybridized carbons (Fsp3) is 0.429. The van der Waals surface area contributed by atoms with Gasteiger partial charge in [-0.2, -0.15) is 0 Å². The van der Waals surface area contributed by atoms with Crippen LogP contribution in [-0.4, -0.2) is 12.3 Å². The first kappa shape index (κ1) is 27.7. The van der Waals surface area contributed by atoms with Crippen LogP contribution in [0.25, 0.3) is 11.1 Å². The molecule has 0 aliphatic carbocycles. The molecule has 1 aliphatic heterocycles. The van der Waals surface area contributed by atoms with E-state index in [0.717, 1.165) is 12.8 Å². The number of benzene rings is 1. The average molecular weight is 410 g/mol.